The molecule has 1 aromatic rings. The van der Waals surface area contributed by atoms with E-state index in [1.54, 1.807) is 13.1 Å². The number of ether oxygens (including phenoxy) is 2. The van der Waals surface area contributed by atoms with E-state index >= 15 is 0 Å². The first-order chi connectivity index (χ1) is 10.1. The number of pyridine rings is 1. The van der Waals surface area contributed by atoms with Crippen LogP contribution in [0.1, 0.15) is 45.7 Å². The van der Waals surface area contributed by atoms with E-state index in [0.29, 0.717) is 18.8 Å². The number of hydrogen-bond acceptors (Lipinski definition) is 5. The zero-order chi connectivity index (χ0) is 15.7. The van der Waals surface area contributed by atoms with Gasteiger partial charge in [-0.3, -0.25) is 4.98 Å². The van der Waals surface area contributed by atoms with Crippen molar-refractivity contribution in [1.82, 2.24) is 4.98 Å². The number of hydrogen-bond donors (Lipinski definition) is 1. The van der Waals surface area contributed by atoms with Gasteiger partial charge in [0, 0.05) is 18.2 Å². The highest BCUT2D eigenvalue weighted by molar-refractivity contribution is 5.75. The van der Waals surface area contributed by atoms with Crippen molar-refractivity contribution in [2.75, 3.05) is 6.61 Å². The van der Waals surface area contributed by atoms with E-state index in [1.165, 1.54) is 0 Å². The Morgan fingerprint density at radius 1 is 1.33 bits per heavy atom. The second-order valence-corrected chi connectivity index (χ2v) is 5.00. The van der Waals surface area contributed by atoms with Gasteiger partial charge in [0.1, 0.15) is 5.75 Å². The van der Waals surface area contributed by atoms with E-state index in [-0.39, 0.29) is 12.0 Å². The van der Waals surface area contributed by atoms with Crippen molar-refractivity contribution in [1.29, 1.82) is 0 Å². The molecule has 0 aliphatic rings. The lowest BCUT2D eigenvalue weighted by molar-refractivity contribution is -0.151. The topological polar surface area (TPSA) is 74.4 Å². The number of aromatic nitrogens is 1. The summed E-state index contributed by atoms with van der Waals surface area (Å²) in [5, 5.41) is 0. The molecule has 2 atom stereocenters. The third kappa shape index (κ3) is 6.12. The molecule has 0 saturated carbocycles. The minimum atomic E-state index is -0.569. The van der Waals surface area contributed by atoms with Gasteiger partial charge in [0.15, 0.2) is 6.10 Å². The standard InChI is InChI=1S/C16H26N2O3/c1-4-7-15(16(19)20-6-3)21-14-9-8-13(18-11-14)10-12(17)5-2/h8-9,11-12,15H,4-7,10,17H2,1-3H3. The Balaban J connectivity index is 2.65. The fourth-order valence-corrected chi connectivity index (χ4v) is 1.90. The molecule has 21 heavy (non-hydrogen) atoms. The van der Waals surface area contributed by atoms with Crippen LogP contribution in [0, 0.1) is 0 Å². The molecule has 5 heteroatoms. The Bertz CT molecular complexity index is 420. The van der Waals surface area contributed by atoms with Crippen LogP contribution < -0.4 is 10.5 Å². The summed E-state index contributed by atoms with van der Waals surface area (Å²) in [7, 11) is 0. The first-order valence-electron chi connectivity index (χ1n) is 7.64. The van der Waals surface area contributed by atoms with E-state index in [0.717, 1.165) is 25.0 Å². The molecular weight excluding hydrogens is 268 g/mol. The van der Waals surface area contributed by atoms with Gasteiger partial charge in [-0.2, -0.15) is 0 Å². The summed E-state index contributed by atoms with van der Waals surface area (Å²) in [5.41, 5.74) is 6.83. The molecule has 1 rings (SSSR count). The Kier molecular flexibility index (Phi) is 7.75. The lowest BCUT2D eigenvalue weighted by Crippen LogP contribution is -2.29. The molecule has 1 heterocycles. The predicted molar refractivity (Wildman–Crippen MR) is 82.2 cm³/mol. The second-order valence-electron chi connectivity index (χ2n) is 5.00. The molecule has 2 unspecified atom stereocenters. The fraction of sp³-hybridized carbons (Fsp3) is 0.625. The lowest BCUT2D eigenvalue weighted by atomic mass is 10.1. The molecule has 0 amide bonds. The largest absolute Gasteiger partial charge is 0.477 e. The van der Waals surface area contributed by atoms with Crippen molar-refractivity contribution in [2.24, 2.45) is 5.73 Å². The van der Waals surface area contributed by atoms with Crippen LogP contribution in [-0.2, 0) is 16.0 Å². The Labute approximate surface area is 126 Å². The van der Waals surface area contributed by atoms with E-state index in [9.17, 15) is 4.79 Å². The van der Waals surface area contributed by atoms with Crippen molar-refractivity contribution in [3.05, 3.63) is 24.0 Å². The van der Waals surface area contributed by atoms with Crippen molar-refractivity contribution in [2.45, 2.75) is 58.6 Å². The van der Waals surface area contributed by atoms with Crippen LogP contribution in [0.5, 0.6) is 5.75 Å². The Morgan fingerprint density at radius 2 is 2.10 bits per heavy atom. The van der Waals surface area contributed by atoms with Crippen molar-refractivity contribution < 1.29 is 14.3 Å². The molecule has 0 saturated heterocycles. The molecule has 0 aromatic carbocycles. The molecule has 5 nitrogen and oxygen atoms in total. The van der Waals surface area contributed by atoms with Crippen LogP contribution in [0.4, 0.5) is 0 Å². The van der Waals surface area contributed by atoms with Crippen LogP contribution in [0.2, 0.25) is 0 Å². The maximum atomic E-state index is 11.8. The molecule has 0 spiro atoms. The van der Waals surface area contributed by atoms with Gasteiger partial charge in [-0.15, -0.1) is 0 Å². The van der Waals surface area contributed by atoms with Crippen LogP contribution in [0.15, 0.2) is 18.3 Å². The summed E-state index contributed by atoms with van der Waals surface area (Å²) in [4.78, 5) is 16.1. The molecule has 0 aliphatic heterocycles. The summed E-state index contributed by atoms with van der Waals surface area (Å²) in [6.45, 7) is 6.20. The highest BCUT2D eigenvalue weighted by atomic mass is 16.6. The molecular formula is C16H26N2O3. The van der Waals surface area contributed by atoms with E-state index in [4.69, 9.17) is 15.2 Å². The van der Waals surface area contributed by atoms with E-state index in [2.05, 4.69) is 11.9 Å². The quantitative estimate of drug-likeness (QED) is 0.708. The van der Waals surface area contributed by atoms with Gasteiger partial charge in [-0.25, -0.2) is 4.79 Å². The van der Waals surface area contributed by atoms with Crippen LogP contribution in [-0.4, -0.2) is 29.7 Å². The number of nitrogens with two attached hydrogens (primary N) is 1. The number of rotatable bonds is 9. The van der Waals surface area contributed by atoms with E-state index in [1.807, 2.05) is 19.1 Å². The first-order valence-corrected chi connectivity index (χ1v) is 7.64. The molecule has 0 bridgehead atoms. The molecule has 0 fully saturated rings. The normalized spacial score (nSPS) is 13.5. The molecule has 0 aliphatic carbocycles. The average Bonchev–Trinajstić information content (AvgIpc) is 2.48. The Morgan fingerprint density at radius 3 is 2.62 bits per heavy atom. The van der Waals surface area contributed by atoms with Crippen LogP contribution in [0.3, 0.4) is 0 Å². The van der Waals surface area contributed by atoms with Crippen LogP contribution >= 0.6 is 0 Å². The number of esters is 1. The van der Waals surface area contributed by atoms with Gasteiger partial charge in [0.2, 0.25) is 0 Å². The summed E-state index contributed by atoms with van der Waals surface area (Å²) < 4.78 is 10.7. The Hall–Kier alpha value is -1.62. The maximum absolute atomic E-state index is 11.8. The average molecular weight is 294 g/mol. The number of carbonyl (C=O) groups excluding carboxylic acids is 1. The summed E-state index contributed by atoms with van der Waals surface area (Å²) in [6, 6.07) is 3.84. The monoisotopic (exact) mass is 294 g/mol. The van der Waals surface area contributed by atoms with Gasteiger partial charge in [0.25, 0.3) is 0 Å². The smallest absolute Gasteiger partial charge is 0.347 e. The predicted octanol–water partition coefficient (Wildman–Crippen LogP) is 2.47. The molecule has 118 valence electrons. The van der Waals surface area contributed by atoms with Crippen LogP contribution in [0.25, 0.3) is 0 Å². The zero-order valence-corrected chi connectivity index (χ0v) is 13.2. The van der Waals surface area contributed by atoms with Crippen molar-refractivity contribution in [3.63, 3.8) is 0 Å². The van der Waals surface area contributed by atoms with Gasteiger partial charge in [-0.05, 0) is 31.9 Å². The van der Waals surface area contributed by atoms with E-state index < -0.39 is 6.10 Å². The number of carbonyl (C=O) groups is 1. The van der Waals surface area contributed by atoms with Crippen molar-refractivity contribution in [3.8, 4) is 5.75 Å². The van der Waals surface area contributed by atoms with Gasteiger partial charge in [0.05, 0.1) is 12.8 Å². The minimum absolute atomic E-state index is 0.122. The minimum Gasteiger partial charge on any atom is -0.477 e. The SMILES string of the molecule is CCCC(Oc1ccc(CC(N)CC)nc1)C(=O)OCC. The van der Waals surface area contributed by atoms with Gasteiger partial charge < -0.3 is 15.2 Å². The van der Waals surface area contributed by atoms with Gasteiger partial charge in [-0.1, -0.05) is 20.3 Å². The summed E-state index contributed by atoms with van der Waals surface area (Å²) >= 11 is 0. The lowest BCUT2D eigenvalue weighted by Gasteiger charge is -2.17. The highest BCUT2D eigenvalue weighted by Crippen LogP contribution is 2.15. The van der Waals surface area contributed by atoms with Crippen molar-refractivity contribution >= 4 is 5.97 Å². The fourth-order valence-electron chi connectivity index (χ4n) is 1.90. The maximum Gasteiger partial charge on any atom is 0.347 e. The number of nitrogens with zero attached hydrogens (tertiary/aromatic N) is 1. The third-order valence-electron chi connectivity index (χ3n) is 3.17. The summed E-state index contributed by atoms with van der Waals surface area (Å²) in [6.07, 6.45) is 4.20. The molecule has 2 N–H and O–H groups in total. The molecule has 1 aromatic heterocycles. The second kappa shape index (κ2) is 9.34. The highest BCUT2D eigenvalue weighted by Gasteiger charge is 2.20. The molecule has 0 radical (unpaired) electrons. The summed E-state index contributed by atoms with van der Waals surface area (Å²) in [5.74, 6) is 0.256. The zero-order valence-electron chi connectivity index (χ0n) is 13.2. The third-order valence-corrected chi connectivity index (χ3v) is 3.17. The van der Waals surface area contributed by atoms with Gasteiger partial charge >= 0.3 is 5.97 Å². The first kappa shape index (κ1) is 17.4.